The van der Waals surface area contributed by atoms with Crippen molar-refractivity contribution in [3.05, 3.63) is 96.6 Å². The molecular formula is C31H39NO4Si. The maximum atomic E-state index is 12.9. The van der Waals surface area contributed by atoms with Gasteiger partial charge in [-0.1, -0.05) is 105 Å². The fourth-order valence-electron chi connectivity index (χ4n) is 5.73. The van der Waals surface area contributed by atoms with E-state index in [1.165, 1.54) is 0 Å². The van der Waals surface area contributed by atoms with Crippen LogP contribution in [0.3, 0.4) is 0 Å². The molecule has 37 heavy (non-hydrogen) atoms. The highest BCUT2D eigenvalue weighted by atomic mass is 28.4. The van der Waals surface area contributed by atoms with Crippen molar-refractivity contribution in [1.82, 2.24) is 4.90 Å². The summed E-state index contributed by atoms with van der Waals surface area (Å²) in [6.45, 7) is 7.12. The van der Waals surface area contributed by atoms with E-state index in [1.807, 2.05) is 91.0 Å². The van der Waals surface area contributed by atoms with Gasteiger partial charge in [0.05, 0.1) is 12.1 Å². The highest BCUT2D eigenvalue weighted by molar-refractivity contribution is 6.98. The van der Waals surface area contributed by atoms with E-state index in [9.17, 15) is 14.7 Å². The number of ether oxygens (including phenoxy) is 1. The molecular weight excluding hydrogens is 478 g/mol. The number of aliphatic hydroxyl groups is 1. The van der Waals surface area contributed by atoms with Gasteiger partial charge in [0.15, 0.2) is 0 Å². The summed E-state index contributed by atoms with van der Waals surface area (Å²) in [6, 6.07) is 29.7. The van der Waals surface area contributed by atoms with E-state index >= 15 is 0 Å². The van der Waals surface area contributed by atoms with E-state index in [0.29, 0.717) is 13.0 Å². The number of piperidine rings is 1. The fraction of sp³-hybridized carbons (Fsp3) is 0.387. The Labute approximate surface area is 221 Å². The first kappa shape index (κ1) is 27.1. The Balaban J connectivity index is 1.48. The predicted molar refractivity (Wildman–Crippen MR) is 150 cm³/mol. The number of nitrogens with zero attached hydrogens (tertiary/aromatic N) is 1. The van der Waals surface area contributed by atoms with Gasteiger partial charge >= 0.3 is 6.09 Å². The molecule has 196 valence electrons. The van der Waals surface area contributed by atoms with Gasteiger partial charge in [-0.3, -0.25) is 0 Å². The first-order valence-corrected chi connectivity index (χ1v) is 15.1. The van der Waals surface area contributed by atoms with Crippen LogP contribution in [0.4, 0.5) is 4.79 Å². The van der Waals surface area contributed by atoms with E-state index in [4.69, 9.17) is 4.74 Å². The molecule has 1 aliphatic rings. The largest absolute Gasteiger partial charge is 0.445 e. The lowest BCUT2D eigenvalue weighted by Gasteiger charge is -2.44. The minimum atomic E-state index is -3.11. The molecule has 0 aliphatic carbocycles. The van der Waals surface area contributed by atoms with Crippen LogP contribution in [0, 0.1) is 5.92 Å². The number of hydrogen-bond acceptors (Lipinski definition) is 4. The number of amides is 1. The second-order valence-electron chi connectivity index (χ2n) is 11.4. The first-order valence-electron chi connectivity index (χ1n) is 13.1. The highest BCUT2D eigenvalue weighted by Gasteiger charge is 2.50. The summed E-state index contributed by atoms with van der Waals surface area (Å²) in [6.07, 6.45) is 1.78. The van der Waals surface area contributed by atoms with Crippen molar-refractivity contribution in [2.75, 3.05) is 13.1 Å². The first-order chi connectivity index (χ1) is 17.6. The lowest BCUT2D eigenvalue weighted by Crippen LogP contribution is -2.65. The van der Waals surface area contributed by atoms with E-state index in [1.54, 1.807) is 11.8 Å². The maximum absolute atomic E-state index is 12.9. The van der Waals surface area contributed by atoms with Crippen LogP contribution < -0.4 is 10.4 Å². The third kappa shape index (κ3) is 6.32. The molecule has 6 heteroatoms. The van der Waals surface area contributed by atoms with Gasteiger partial charge in [0.1, 0.15) is 6.61 Å². The lowest BCUT2D eigenvalue weighted by molar-refractivity contribution is -0.0400. The molecule has 0 unspecified atom stereocenters. The van der Waals surface area contributed by atoms with Crippen LogP contribution in [-0.4, -0.2) is 47.9 Å². The van der Waals surface area contributed by atoms with Gasteiger partial charge in [0.25, 0.3) is 8.32 Å². The molecule has 2 N–H and O–H groups in total. The molecule has 3 aromatic rings. The van der Waals surface area contributed by atoms with Crippen molar-refractivity contribution >= 4 is 24.8 Å². The molecule has 0 spiro atoms. The lowest BCUT2D eigenvalue weighted by atomic mass is 9.83. The van der Waals surface area contributed by atoms with Crippen molar-refractivity contribution in [2.45, 2.75) is 57.3 Å². The van der Waals surface area contributed by atoms with Crippen molar-refractivity contribution < 1.29 is 19.4 Å². The average Bonchev–Trinajstić information content (AvgIpc) is 2.90. The van der Waals surface area contributed by atoms with Crippen LogP contribution in [-0.2, 0) is 11.3 Å². The number of hydrogen-bond donors (Lipinski definition) is 2. The van der Waals surface area contributed by atoms with Crippen molar-refractivity contribution in [3.63, 3.8) is 0 Å². The quantitative estimate of drug-likeness (QED) is 0.425. The highest BCUT2D eigenvalue weighted by Crippen LogP contribution is 2.42. The van der Waals surface area contributed by atoms with Gasteiger partial charge in [0, 0.05) is 6.54 Å². The van der Waals surface area contributed by atoms with Gasteiger partial charge < -0.3 is 19.5 Å². The summed E-state index contributed by atoms with van der Waals surface area (Å²) < 4.78 is 5.57. The van der Waals surface area contributed by atoms with Crippen LogP contribution in [0.15, 0.2) is 91.0 Å². The van der Waals surface area contributed by atoms with Gasteiger partial charge in [-0.2, -0.15) is 0 Å². The van der Waals surface area contributed by atoms with Gasteiger partial charge in [-0.25, -0.2) is 4.79 Å². The third-order valence-electron chi connectivity index (χ3n) is 7.74. The zero-order valence-corrected chi connectivity index (χ0v) is 23.1. The van der Waals surface area contributed by atoms with Crippen LogP contribution >= 0.6 is 0 Å². The molecule has 4 rings (SSSR count). The van der Waals surface area contributed by atoms with E-state index in [0.717, 1.165) is 28.8 Å². The van der Waals surface area contributed by atoms with Gasteiger partial charge in [0.2, 0.25) is 0 Å². The molecule has 3 aromatic carbocycles. The second kappa shape index (κ2) is 11.2. The van der Waals surface area contributed by atoms with Crippen molar-refractivity contribution in [3.8, 4) is 0 Å². The predicted octanol–water partition coefficient (Wildman–Crippen LogP) is 4.71. The topological polar surface area (TPSA) is 70.0 Å². The minimum Gasteiger partial charge on any atom is -0.445 e. The number of benzene rings is 3. The number of likely N-dealkylation sites (tertiary alicyclic amines) is 1. The molecule has 1 aliphatic heterocycles. The smallest absolute Gasteiger partial charge is 0.410 e. The number of rotatable bonds is 8. The summed E-state index contributed by atoms with van der Waals surface area (Å²) >= 11 is 0. The molecule has 1 amide bonds. The molecule has 0 aromatic heterocycles. The number of carbonyl (C=O) groups excluding carboxylic acids is 1. The third-order valence-corrected chi connectivity index (χ3v) is 12.3. The summed E-state index contributed by atoms with van der Waals surface area (Å²) in [4.78, 5) is 27.0. The summed E-state index contributed by atoms with van der Waals surface area (Å²) in [7, 11) is -3.11. The zero-order valence-electron chi connectivity index (χ0n) is 22.1. The Bertz CT molecular complexity index is 1110. The average molecular weight is 518 g/mol. The number of carbonyl (C=O) groups is 1. The molecule has 0 saturated carbocycles. The standard InChI is InChI=1S/C31H39NO4Si/c1-30(2,37(35,27-15-9-5-10-16-27)28-17-11-6-12-18-28)20-19-26-21-31(3,34)24-32(22-26)29(33)36-23-25-13-7-4-8-14-25/h4-18,26,34-35H,19-24H2,1-3H3/t26-,31-/m0/s1. The normalized spacial score (nSPS) is 20.5. The van der Waals surface area contributed by atoms with Crippen molar-refractivity contribution in [2.24, 2.45) is 5.92 Å². The Hall–Kier alpha value is -2.93. The summed E-state index contributed by atoms with van der Waals surface area (Å²) in [5.41, 5.74) is -0.0465. The molecule has 0 radical (unpaired) electrons. The van der Waals surface area contributed by atoms with E-state index < -0.39 is 20.0 Å². The Morgan fingerprint density at radius 2 is 1.49 bits per heavy atom. The SMILES string of the molecule is CC(C)(CC[C@@H]1CN(C(=O)OCc2ccccc2)C[C@@](C)(O)C1)[Si](O)(c1ccccc1)c1ccccc1. The maximum Gasteiger partial charge on any atom is 0.410 e. The van der Waals surface area contributed by atoms with Gasteiger partial charge in [-0.15, -0.1) is 0 Å². The summed E-state index contributed by atoms with van der Waals surface area (Å²) in [5, 5.41) is 12.6. The molecule has 1 heterocycles. The zero-order chi connectivity index (χ0) is 26.5. The van der Waals surface area contributed by atoms with Crippen LogP contribution in [0.5, 0.6) is 0 Å². The molecule has 2 atom stereocenters. The Morgan fingerprint density at radius 3 is 2.03 bits per heavy atom. The minimum absolute atomic E-state index is 0.108. The molecule has 5 nitrogen and oxygen atoms in total. The Kier molecular flexibility index (Phi) is 8.22. The molecule has 1 saturated heterocycles. The van der Waals surface area contributed by atoms with Gasteiger partial charge in [-0.05, 0) is 53.1 Å². The molecule has 1 fully saturated rings. The van der Waals surface area contributed by atoms with Crippen LogP contribution in [0.1, 0.15) is 45.6 Å². The Morgan fingerprint density at radius 1 is 0.973 bits per heavy atom. The second-order valence-corrected chi connectivity index (χ2v) is 15.3. The fourth-order valence-corrected chi connectivity index (χ4v) is 9.49. The monoisotopic (exact) mass is 517 g/mol. The van der Waals surface area contributed by atoms with E-state index in [-0.39, 0.29) is 24.1 Å². The van der Waals surface area contributed by atoms with Crippen LogP contribution in [0.25, 0.3) is 0 Å². The molecule has 0 bridgehead atoms. The van der Waals surface area contributed by atoms with E-state index in [2.05, 4.69) is 13.8 Å². The van der Waals surface area contributed by atoms with Crippen LogP contribution in [0.2, 0.25) is 5.04 Å². The number of β-amino-alcohol motifs (C(OH)–C–C–N with tert-alkyl or cyclic N) is 1. The summed E-state index contributed by atoms with van der Waals surface area (Å²) in [5.74, 6) is 0.108. The van der Waals surface area contributed by atoms with Crippen molar-refractivity contribution in [1.29, 1.82) is 0 Å².